The highest BCUT2D eigenvalue weighted by atomic mass is 16.3. The molecule has 0 aliphatic carbocycles. The second-order valence-electron chi connectivity index (χ2n) is 7.02. The van der Waals surface area contributed by atoms with Gasteiger partial charge in [0.2, 0.25) is 0 Å². The van der Waals surface area contributed by atoms with Gasteiger partial charge in [-0.3, -0.25) is 0 Å². The van der Waals surface area contributed by atoms with Crippen LogP contribution >= 0.6 is 0 Å². The Kier molecular flexibility index (Phi) is 9.94. The summed E-state index contributed by atoms with van der Waals surface area (Å²) >= 11 is 0. The molecule has 0 atom stereocenters. The lowest BCUT2D eigenvalue weighted by molar-refractivity contribution is 0.280. The van der Waals surface area contributed by atoms with Crippen molar-refractivity contribution in [3.05, 3.63) is 59.7 Å². The summed E-state index contributed by atoms with van der Waals surface area (Å²) in [6.07, 6.45) is 0.924. The highest BCUT2D eigenvalue weighted by Gasteiger charge is 2.16. The minimum atomic E-state index is 0.0367. The lowest BCUT2D eigenvalue weighted by Gasteiger charge is -2.26. The molecule has 6 nitrogen and oxygen atoms in total. The summed E-state index contributed by atoms with van der Waals surface area (Å²) in [5, 5.41) is 37.3. The zero-order valence-electron chi connectivity index (χ0n) is 17.2. The van der Waals surface area contributed by atoms with Crippen LogP contribution in [0.5, 0.6) is 0 Å². The van der Waals surface area contributed by atoms with E-state index in [1.54, 1.807) is 0 Å². The van der Waals surface area contributed by atoms with E-state index in [9.17, 15) is 20.4 Å². The quantitative estimate of drug-likeness (QED) is 0.409. The molecule has 0 aliphatic heterocycles. The molecule has 2 aromatic carbocycles. The van der Waals surface area contributed by atoms with Crippen LogP contribution in [0.4, 0.5) is 11.4 Å². The number of nitrogens with zero attached hydrogens (tertiary/aromatic N) is 2. The van der Waals surface area contributed by atoms with E-state index < -0.39 is 0 Å². The molecule has 0 saturated carbocycles. The topological polar surface area (TPSA) is 87.4 Å². The van der Waals surface area contributed by atoms with Gasteiger partial charge in [-0.15, -0.1) is 0 Å². The van der Waals surface area contributed by atoms with Gasteiger partial charge in [0.25, 0.3) is 0 Å². The number of hydrogen-bond acceptors (Lipinski definition) is 6. The van der Waals surface area contributed by atoms with E-state index >= 15 is 0 Å². The van der Waals surface area contributed by atoms with E-state index in [1.165, 1.54) is 11.1 Å². The maximum atomic E-state index is 9.33. The van der Waals surface area contributed by atoms with Gasteiger partial charge in [0.15, 0.2) is 0 Å². The molecule has 2 rings (SSSR count). The third-order valence-electron chi connectivity index (χ3n) is 5.16. The molecule has 160 valence electrons. The van der Waals surface area contributed by atoms with Crippen molar-refractivity contribution in [1.82, 2.24) is 0 Å². The Hall–Kier alpha value is -2.12. The minimum Gasteiger partial charge on any atom is -0.395 e. The van der Waals surface area contributed by atoms with Crippen LogP contribution in [0.15, 0.2) is 48.5 Å². The molecule has 6 heteroatoms. The summed E-state index contributed by atoms with van der Waals surface area (Å²) in [4.78, 5) is 3.97. The molecule has 0 heterocycles. The van der Waals surface area contributed by atoms with Crippen molar-refractivity contribution >= 4 is 11.4 Å². The fourth-order valence-electron chi connectivity index (χ4n) is 3.76. The van der Waals surface area contributed by atoms with E-state index in [4.69, 9.17) is 0 Å². The Balaban J connectivity index is 2.34. The first-order valence-electron chi connectivity index (χ1n) is 10.3. The van der Waals surface area contributed by atoms with Crippen LogP contribution in [0.25, 0.3) is 0 Å². The summed E-state index contributed by atoms with van der Waals surface area (Å²) in [5.74, 6) is 0.199. The predicted octanol–water partition coefficient (Wildman–Crippen LogP) is 1.81. The highest BCUT2D eigenvalue weighted by Crippen LogP contribution is 2.32. The second kappa shape index (κ2) is 12.4. The van der Waals surface area contributed by atoms with Gasteiger partial charge in [-0.25, -0.2) is 0 Å². The lowest BCUT2D eigenvalue weighted by atomic mass is 9.88. The lowest BCUT2D eigenvalue weighted by Crippen LogP contribution is -2.30. The first-order chi connectivity index (χ1) is 14.2. The normalized spacial score (nSPS) is 11.1. The van der Waals surface area contributed by atoms with Crippen LogP contribution in [-0.2, 0) is 0 Å². The molecule has 0 aromatic heterocycles. The van der Waals surface area contributed by atoms with E-state index in [0.717, 1.165) is 17.8 Å². The van der Waals surface area contributed by atoms with Crippen LogP contribution in [0, 0.1) is 0 Å². The zero-order valence-corrected chi connectivity index (χ0v) is 17.2. The van der Waals surface area contributed by atoms with Gasteiger partial charge in [0, 0.05) is 43.5 Å². The smallest absolute Gasteiger partial charge is 0.0606 e. The van der Waals surface area contributed by atoms with Crippen molar-refractivity contribution < 1.29 is 20.4 Å². The van der Waals surface area contributed by atoms with Crippen LogP contribution in [0.2, 0.25) is 0 Å². The number of anilines is 2. The van der Waals surface area contributed by atoms with Crippen molar-refractivity contribution in [3.63, 3.8) is 0 Å². The molecule has 0 spiro atoms. The molecule has 29 heavy (non-hydrogen) atoms. The average molecular weight is 403 g/mol. The van der Waals surface area contributed by atoms with Crippen LogP contribution < -0.4 is 9.80 Å². The first-order valence-corrected chi connectivity index (χ1v) is 10.3. The standard InChI is InChI=1S/C23H34N2O4/c1-2-23(19-5-3-7-21(17-19)24(9-13-26)10-14-27)20-6-4-8-22(18-20)25(11-15-28)12-16-29/h3-8,17-18,23,26-29H,2,9-16H2,1H3. The minimum absolute atomic E-state index is 0.0367. The largest absolute Gasteiger partial charge is 0.395 e. The van der Waals surface area contributed by atoms with Crippen LogP contribution in [0.1, 0.15) is 30.4 Å². The van der Waals surface area contributed by atoms with E-state index in [1.807, 2.05) is 34.1 Å². The van der Waals surface area contributed by atoms with Crippen molar-refractivity contribution in [2.45, 2.75) is 19.3 Å². The van der Waals surface area contributed by atoms with E-state index in [0.29, 0.717) is 26.2 Å². The van der Waals surface area contributed by atoms with Gasteiger partial charge in [0.1, 0.15) is 0 Å². The van der Waals surface area contributed by atoms with Crippen molar-refractivity contribution in [2.24, 2.45) is 0 Å². The molecule has 0 aliphatic rings. The molecule has 4 N–H and O–H groups in total. The van der Waals surface area contributed by atoms with E-state index in [2.05, 4.69) is 31.2 Å². The van der Waals surface area contributed by atoms with Crippen LogP contribution in [0.3, 0.4) is 0 Å². The molecule has 0 fully saturated rings. The number of rotatable bonds is 13. The fourth-order valence-corrected chi connectivity index (χ4v) is 3.76. The third kappa shape index (κ3) is 6.44. The Bertz CT molecular complexity index is 654. The molecule has 2 aromatic rings. The molecular weight excluding hydrogens is 368 g/mol. The number of aliphatic hydroxyl groups is 4. The summed E-state index contributed by atoms with van der Waals surface area (Å²) in [6, 6.07) is 16.5. The van der Waals surface area contributed by atoms with Crippen LogP contribution in [-0.4, -0.2) is 73.0 Å². The van der Waals surface area contributed by atoms with Gasteiger partial charge >= 0.3 is 0 Å². The second-order valence-corrected chi connectivity index (χ2v) is 7.02. The number of hydrogen-bond donors (Lipinski definition) is 4. The summed E-state index contributed by atoms with van der Waals surface area (Å²) in [6.45, 7) is 4.22. The molecule has 0 amide bonds. The molecule has 0 unspecified atom stereocenters. The predicted molar refractivity (Wildman–Crippen MR) is 118 cm³/mol. The van der Waals surface area contributed by atoms with Crippen molar-refractivity contribution in [2.75, 3.05) is 62.4 Å². The summed E-state index contributed by atoms with van der Waals surface area (Å²) in [7, 11) is 0. The molecule has 0 saturated heterocycles. The van der Waals surface area contributed by atoms with Gasteiger partial charge in [0.05, 0.1) is 26.4 Å². The Morgan fingerprint density at radius 2 is 1.03 bits per heavy atom. The van der Waals surface area contributed by atoms with Gasteiger partial charge in [-0.2, -0.15) is 0 Å². The van der Waals surface area contributed by atoms with Crippen molar-refractivity contribution in [3.8, 4) is 0 Å². The van der Waals surface area contributed by atoms with E-state index in [-0.39, 0.29) is 32.3 Å². The Morgan fingerprint density at radius 1 is 0.655 bits per heavy atom. The summed E-state index contributed by atoms with van der Waals surface area (Å²) in [5.41, 5.74) is 4.34. The van der Waals surface area contributed by atoms with Gasteiger partial charge in [-0.1, -0.05) is 31.2 Å². The van der Waals surface area contributed by atoms with Gasteiger partial charge in [-0.05, 0) is 41.8 Å². The average Bonchev–Trinajstić information content (AvgIpc) is 2.74. The molecule has 0 radical (unpaired) electrons. The maximum Gasteiger partial charge on any atom is 0.0606 e. The maximum absolute atomic E-state index is 9.33. The first kappa shape index (κ1) is 23.2. The highest BCUT2D eigenvalue weighted by molar-refractivity contribution is 5.54. The zero-order chi connectivity index (χ0) is 21.1. The Morgan fingerprint density at radius 3 is 1.34 bits per heavy atom. The summed E-state index contributed by atoms with van der Waals surface area (Å²) < 4.78 is 0. The third-order valence-corrected chi connectivity index (χ3v) is 5.16. The molecule has 0 bridgehead atoms. The van der Waals surface area contributed by atoms with Gasteiger partial charge < -0.3 is 30.2 Å². The number of aliphatic hydroxyl groups excluding tert-OH is 4. The number of benzene rings is 2. The Labute approximate surface area is 173 Å². The van der Waals surface area contributed by atoms with Crippen molar-refractivity contribution in [1.29, 1.82) is 0 Å². The SMILES string of the molecule is CCC(c1cccc(N(CCO)CCO)c1)c1cccc(N(CCO)CCO)c1. The molecular formula is C23H34N2O4. The fraction of sp³-hybridized carbons (Fsp3) is 0.478. The monoisotopic (exact) mass is 402 g/mol.